The molecule has 1 aliphatic rings. The van der Waals surface area contributed by atoms with Crippen LogP contribution in [0.3, 0.4) is 0 Å². The van der Waals surface area contributed by atoms with Gasteiger partial charge in [-0.1, -0.05) is 41.7 Å². The maximum absolute atomic E-state index is 14.5. The summed E-state index contributed by atoms with van der Waals surface area (Å²) in [6.45, 7) is 1.30. The molecule has 5 rings (SSSR count). The van der Waals surface area contributed by atoms with Gasteiger partial charge >= 0.3 is 12.1 Å². The van der Waals surface area contributed by atoms with Gasteiger partial charge in [-0.2, -0.15) is 13.2 Å². The highest BCUT2D eigenvalue weighted by Gasteiger charge is 2.46. The third-order valence-electron chi connectivity index (χ3n) is 5.96. The van der Waals surface area contributed by atoms with E-state index in [-0.39, 0.29) is 33.0 Å². The summed E-state index contributed by atoms with van der Waals surface area (Å²) >= 11 is 7.27. The normalized spacial score (nSPS) is 15.9. The van der Waals surface area contributed by atoms with Crippen molar-refractivity contribution in [2.75, 3.05) is 13.7 Å². The molecule has 0 spiro atoms. The van der Waals surface area contributed by atoms with Crippen molar-refractivity contribution in [3.8, 4) is 5.75 Å². The fourth-order valence-electron chi connectivity index (χ4n) is 4.41. The van der Waals surface area contributed by atoms with Gasteiger partial charge in [0.1, 0.15) is 17.6 Å². The lowest BCUT2D eigenvalue weighted by Gasteiger charge is -2.28. The summed E-state index contributed by atoms with van der Waals surface area (Å²) in [5.41, 5.74) is -2.70. The van der Waals surface area contributed by atoms with Crippen molar-refractivity contribution in [3.63, 3.8) is 0 Å². The Hall–Kier alpha value is -3.16. The Morgan fingerprint density at radius 2 is 1.97 bits per heavy atom. The molecule has 0 bridgehead atoms. The molecule has 0 aliphatic carbocycles. The number of ether oxygens (including phenoxy) is 2. The molecule has 202 valence electrons. The van der Waals surface area contributed by atoms with Gasteiger partial charge in [0.25, 0.3) is 5.56 Å². The van der Waals surface area contributed by atoms with Crippen LogP contribution >= 0.6 is 43.2 Å². The number of carbonyl (C=O) groups excluding carboxylic acids is 1. The van der Waals surface area contributed by atoms with Gasteiger partial charge in [-0.3, -0.25) is 9.36 Å². The lowest BCUT2D eigenvalue weighted by Crippen LogP contribution is -2.41. The number of esters is 1. The molecule has 4 aromatic rings. The Bertz CT molecular complexity index is 1820. The first kappa shape index (κ1) is 27.4. The topological polar surface area (TPSA) is 83.0 Å². The Labute approximate surface area is 239 Å². The molecule has 0 N–H and O–H groups in total. The van der Waals surface area contributed by atoms with E-state index in [0.717, 1.165) is 15.9 Å². The van der Waals surface area contributed by atoms with Gasteiger partial charge in [-0.25, -0.2) is 9.79 Å². The quantitative estimate of drug-likeness (QED) is 0.255. The number of carbonyl (C=O) groups is 1. The minimum atomic E-state index is -5.02. The van der Waals surface area contributed by atoms with Crippen LogP contribution in [0.25, 0.3) is 16.8 Å². The minimum absolute atomic E-state index is 0.0540. The third kappa shape index (κ3) is 4.87. The van der Waals surface area contributed by atoms with E-state index >= 15 is 0 Å². The van der Waals surface area contributed by atoms with Crippen LogP contribution in [0.1, 0.15) is 24.3 Å². The minimum Gasteiger partial charge on any atom is -0.496 e. The predicted molar refractivity (Wildman–Crippen MR) is 145 cm³/mol. The number of hydrogen-bond acceptors (Lipinski definition) is 7. The second-order valence-corrected chi connectivity index (χ2v) is 10.8. The number of allylic oxidation sites excluding steroid dienone is 1. The van der Waals surface area contributed by atoms with E-state index < -0.39 is 35.0 Å². The van der Waals surface area contributed by atoms with Crippen LogP contribution in [0.2, 0.25) is 0 Å². The van der Waals surface area contributed by atoms with Crippen molar-refractivity contribution in [2.45, 2.75) is 19.1 Å². The Balaban J connectivity index is 1.93. The average molecular weight is 686 g/mol. The zero-order valence-corrected chi connectivity index (χ0v) is 24.1. The van der Waals surface area contributed by atoms with Crippen molar-refractivity contribution < 1.29 is 31.9 Å². The highest BCUT2D eigenvalue weighted by Crippen LogP contribution is 2.43. The number of thiazole rings is 1. The fourth-order valence-corrected chi connectivity index (χ4v) is 6.00. The van der Waals surface area contributed by atoms with E-state index in [1.165, 1.54) is 20.1 Å². The molecule has 13 heteroatoms. The molecule has 1 atom stereocenters. The number of methoxy groups -OCH3 is 1. The lowest BCUT2D eigenvalue weighted by molar-refractivity contribution is -0.140. The molecular formula is C26H17Br2F3N2O5S. The van der Waals surface area contributed by atoms with E-state index in [2.05, 4.69) is 36.9 Å². The molecule has 3 heterocycles. The zero-order chi connectivity index (χ0) is 28.1. The van der Waals surface area contributed by atoms with Crippen molar-refractivity contribution in [1.29, 1.82) is 0 Å². The van der Waals surface area contributed by atoms with Gasteiger partial charge in [0.05, 0.1) is 28.3 Å². The van der Waals surface area contributed by atoms with Crippen LogP contribution in [-0.2, 0) is 9.53 Å². The average Bonchev–Trinajstić information content (AvgIpc) is 3.38. The number of aromatic nitrogens is 1. The molecule has 0 amide bonds. The van der Waals surface area contributed by atoms with Crippen molar-refractivity contribution in [2.24, 2.45) is 4.99 Å². The molecule has 0 unspecified atom stereocenters. The molecule has 2 aromatic heterocycles. The van der Waals surface area contributed by atoms with E-state index in [9.17, 15) is 22.8 Å². The number of fused-ring (bicyclic) bond motifs is 2. The predicted octanol–water partition coefficient (Wildman–Crippen LogP) is 5.62. The van der Waals surface area contributed by atoms with Crippen LogP contribution in [0.15, 0.2) is 77.1 Å². The number of rotatable bonds is 5. The molecule has 7 nitrogen and oxygen atoms in total. The second kappa shape index (κ2) is 10.4. The number of benzene rings is 2. The summed E-state index contributed by atoms with van der Waals surface area (Å²) in [4.78, 5) is 30.6. The Morgan fingerprint density at radius 1 is 1.23 bits per heavy atom. The number of hydrogen-bond donors (Lipinski definition) is 0. The number of alkyl halides is 3. The first-order valence-electron chi connectivity index (χ1n) is 11.4. The number of furan rings is 1. The maximum atomic E-state index is 14.5. The first-order chi connectivity index (χ1) is 18.5. The van der Waals surface area contributed by atoms with Gasteiger partial charge < -0.3 is 13.9 Å². The molecule has 1 aliphatic heterocycles. The van der Waals surface area contributed by atoms with Gasteiger partial charge in [-0.15, -0.1) is 0 Å². The van der Waals surface area contributed by atoms with Crippen molar-refractivity contribution in [1.82, 2.24) is 4.57 Å². The largest absolute Gasteiger partial charge is 0.496 e. The monoisotopic (exact) mass is 684 g/mol. The molecule has 0 saturated heterocycles. The smallest absolute Gasteiger partial charge is 0.434 e. The maximum Gasteiger partial charge on any atom is 0.434 e. The third-order valence-corrected chi connectivity index (χ3v) is 8.65. The van der Waals surface area contributed by atoms with Crippen LogP contribution in [0, 0.1) is 0 Å². The van der Waals surface area contributed by atoms with Gasteiger partial charge in [0, 0.05) is 11.6 Å². The van der Waals surface area contributed by atoms with Crippen LogP contribution in [0.4, 0.5) is 13.2 Å². The Morgan fingerprint density at radius 3 is 2.62 bits per heavy atom. The number of halogens is 5. The molecule has 0 fully saturated rings. The molecular weight excluding hydrogens is 669 g/mol. The summed E-state index contributed by atoms with van der Waals surface area (Å²) in [6.07, 6.45) is -3.62. The van der Waals surface area contributed by atoms with E-state index in [1.807, 2.05) is 0 Å². The summed E-state index contributed by atoms with van der Waals surface area (Å²) in [5, 5.41) is 1.18. The van der Waals surface area contributed by atoms with E-state index in [1.54, 1.807) is 42.5 Å². The number of nitrogens with zero attached hydrogens (tertiary/aromatic N) is 2. The summed E-state index contributed by atoms with van der Waals surface area (Å²) in [5.74, 6) is -0.766. The van der Waals surface area contributed by atoms with Crippen LogP contribution in [0.5, 0.6) is 5.75 Å². The zero-order valence-electron chi connectivity index (χ0n) is 20.1. The Kier molecular flexibility index (Phi) is 7.33. The molecule has 0 saturated carbocycles. The summed E-state index contributed by atoms with van der Waals surface area (Å²) < 4.78 is 61.7. The second-order valence-electron chi connectivity index (χ2n) is 8.24. The standard InChI is InChI=1S/C26H17Br2F3N2O5S/c1-3-37-24(35)19-20(18-14-7-5-4-6-12(14)8-9-16(18)36-2)33-23(34)17(11-13-10-15(27)22(28)38-13)39-25(33)32-21(19)26(29,30)31/h4-11,20H,3H2,1-2H3/b17-11+/t20-/m1/s1. The van der Waals surface area contributed by atoms with E-state index in [0.29, 0.717) is 19.9 Å². The lowest BCUT2D eigenvalue weighted by atomic mass is 9.90. The molecule has 0 radical (unpaired) electrons. The van der Waals surface area contributed by atoms with Crippen LogP contribution in [-0.4, -0.2) is 30.4 Å². The van der Waals surface area contributed by atoms with E-state index in [4.69, 9.17) is 13.9 Å². The van der Waals surface area contributed by atoms with Gasteiger partial charge in [0.15, 0.2) is 15.2 Å². The van der Waals surface area contributed by atoms with Crippen molar-refractivity contribution in [3.05, 3.63) is 93.9 Å². The SMILES string of the molecule is CCOC(=O)C1=C(C(F)(F)F)N=c2s/c(=C/c3cc(Br)c(Br)o3)c(=O)n2[C@@H]1c1c(OC)ccc2ccccc12. The molecule has 2 aromatic carbocycles. The van der Waals surface area contributed by atoms with Crippen LogP contribution < -0.4 is 19.6 Å². The summed E-state index contributed by atoms with van der Waals surface area (Å²) in [7, 11) is 1.36. The highest BCUT2D eigenvalue weighted by molar-refractivity contribution is 9.13. The fraction of sp³-hybridized carbons (Fsp3) is 0.192. The highest BCUT2D eigenvalue weighted by atomic mass is 79.9. The van der Waals surface area contributed by atoms with Crippen molar-refractivity contribution >= 4 is 66.0 Å². The van der Waals surface area contributed by atoms with Gasteiger partial charge in [0.2, 0.25) is 0 Å². The van der Waals surface area contributed by atoms with Gasteiger partial charge in [-0.05, 0) is 61.7 Å². The first-order valence-corrected chi connectivity index (χ1v) is 13.8. The summed E-state index contributed by atoms with van der Waals surface area (Å²) in [6, 6.07) is 10.3. The molecule has 39 heavy (non-hydrogen) atoms.